The maximum atomic E-state index is 13.8. The first-order valence-corrected chi connectivity index (χ1v) is 10.9. The molecule has 31 heavy (non-hydrogen) atoms. The Balaban J connectivity index is 1.67. The summed E-state index contributed by atoms with van der Waals surface area (Å²) in [7, 11) is 0. The number of aromatic nitrogens is 2. The number of anilines is 1. The van der Waals surface area contributed by atoms with Gasteiger partial charge in [-0.15, -0.1) is 11.3 Å². The minimum atomic E-state index is -0.859. The maximum Gasteiger partial charge on any atom is 0.276 e. The van der Waals surface area contributed by atoms with Crippen LogP contribution < -0.4 is 10.9 Å². The predicted octanol–water partition coefficient (Wildman–Crippen LogP) is 5.25. The Bertz CT molecular complexity index is 1350. The summed E-state index contributed by atoms with van der Waals surface area (Å²) in [6.07, 6.45) is 0. The van der Waals surface area contributed by atoms with Crippen LogP contribution in [0.2, 0.25) is 5.02 Å². The SMILES string of the molecule is O=C(CSc1nc2ccsc2c(=O)n1-c1cc(F)cc(F)c1)Nc1cc(F)ccc1Cl. The third kappa shape index (κ3) is 4.60. The minimum absolute atomic E-state index is 0.0543. The fraction of sp³-hybridized carbons (Fsp3) is 0.0500. The average molecular weight is 482 g/mol. The van der Waals surface area contributed by atoms with Crippen LogP contribution in [0.4, 0.5) is 18.9 Å². The van der Waals surface area contributed by atoms with E-state index < -0.39 is 28.9 Å². The summed E-state index contributed by atoms with van der Waals surface area (Å²) < 4.78 is 42.3. The molecule has 0 spiro atoms. The second kappa shape index (κ2) is 8.74. The summed E-state index contributed by atoms with van der Waals surface area (Å²) in [6.45, 7) is 0. The van der Waals surface area contributed by atoms with Crippen molar-refractivity contribution in [2.75, 3.05) is 11.1 Å². The lowest BCUT2D eigenvalue weighted by atomic mass is 10.3. The van der Waals surface area contributed by atoms with Crippen molar-refractivity contribution in [2.45, 2.75) is 5.16 Å². The number of amides is 1. The van der Waals surface area contributed by atoms with E-state index in [2.05, 4.69) is 10.3 Å². The highest BCUT2D eigenvalue weighted by molar-refractivity contribution is 7.99. The van der Waals surface area contributed by atoms with Gasteiger partial charge in [0.05, 0.1) is 27.7 Å². The van der Waals surface area contributed by atoms with E-state index in [1.165, 1.54) is 6.07 Å². The standard InChI is InChI=1S/C20H11ClF3N3O2S2/c21-14-2-1-10(22)8-16(14)25-17(28)9-31-20-26-15-3-4-30-18(15)19(29)27(20)13-6-11(23)5-12(24)7-13/h1-8H,9H2,(H,25,28). The number of halogens is 4. The number of nitrogens with zero attached hydrogens (tertiary/aromatic N) is 2. The first-order chi connectivity index (χ1) is 14.8. The lowest BCUT2D eigenvalue weighted by Gasteiger charge is -2.13. The van der Waals surface area contributed by atoms with E-state index >= 15 is 0 Å². The van der Waals surface area contributed by atoms with Crippen LogP contribution in [0.15, 0.2) is 57.8 Å². The van der Waals surface area contributed by atoms with Crippen LogP contribution in [-0.4, -0.2) is 21.2 Å². The molecular weight excluding hydrogens is 471 g/mol. The summed E-state index contributed by atoms with van der Waals surface area (Å²) in [4.78, 5) is 29.7. The molecule has 2 aromatic carbocycles. The first-order valence-electron chi connectivity index (χ1n) is 8.66. The van der Waals surface area contributed by atoms with Gasteiger partial charge in [-0.3, -0.25) is 14.2 Å². The molecule has 2 aromatic heterocycles. The molecule has 1 amide bonds. The number of thioether (sulfide) groups is 1. The van der Waals surface area contributed by atoms with Crippen molar-refractivity contribution in [3.63, 3.8) is 0 Å². The van der Waals surface area contributed by atoms with Crippen LogP contribution in [-0.2, 0) is 4.79 Å². The third-order valence-corrected chi connectivity index (χ3v) is 6.25. The third-order valence-electron chi connectivity index (χ3n) is 4.09. The fourth-order valence-corrected chi connectivity index (χ4v) is 4.53. The second-order valence-electron chi connectivity index (χ2n) is 6.26. The lowest BCUT2D eigenvalue weighted by Crippen LogP contribution is -2.22. The van der Waals surface area contributed by atoms with Gasteiger partial charge in [0.2, 0.25) is 5.91 Å². The summed E-state index contributed by atoms with van der Waals surface area (Å²) in [6, 6.07) is 7.87. The molecule has 0 aliphatic rings. The zero-order chi connectivity index (χ0) is 22.1. The van der Waals surface area contributed by atoms with Gasteiger partial charge in [-0.2, -0.15) is 0 Å². The number of hydrogen-bond acceptors (Lipinski definition) is 5. The second-order valence-corrected chi connectivity index (χ2v) is 8.52. The van der Waals surface area contributed by atoms with Crippen LogP contribution in [0.5, 0.6) is 0 Å². The molecule has 0 fully saturated rings. The van der Waals surface area contributed by atoms with Crippen molar-refractivity contribution in [3.8, 4) is 5.69 Å². The van der Waals surface area contributed by atoms with Gasteiger partial charge in [0.15, 0.2) is 5.16 Å². The largest absolute Gasteiger partial charge is 0.324 e. The van der Waals surface area contributed by atoms with Gasteiger partial charge in [0, 0.05) is 6.07 Å². The van der Waals surface area contributed by atoms with Crippen molar-refractivity contribution in [1.29, 1.82) is 0 Å². The van der Waals surface area contributed by atoms with E-state index in [1.807, 2.05) is 0 Å². The molecule has 2 heterocycles. The molecule has 1 N–H and O–H groups in total. The van der Waals surface area contributed by atoms with Crippen molar-refractivity contribution in [1.82, 2.24) is 9.55 Å². The minimum Gasteiger partial charge on any atom is -0.324 e. The molecule has 0 aliphatic heterocycles. The Morgan fingerprint density at radius 1 is 1.10 bits per heavy atom. The van der Waals surface area contributed by atoms with E-state index in [0.717, 1.165) is 51.9 Å². The quantitative estimate of drug-likeness (QED) is 0.312. The van der Waals surface area contributed by atoms with E-state index in [1.54, 1.807) is 11.4 Å². The van der Waals surface area contributed by atoms with Gasteiger partial charge in [-0.25, -0.2) is 18.2 Å². The van der Waals surface area contributed by atoms with Gasteiger partial charge in [-0.05, 0) is 41.8 Å². The Morgan fingerprint density at radius 2 is 1.84 bits per heavy atom. The van der Waals surface area contributed by atoms with Crippen molar-refractivity contribution in [3.05, 3.63) is 80.7 Å². The van der Waals surface area contributed by atoms with Crippen LogP contribution in [0, 0.1) is 17.5 Å². The molecule has 158 valence electrons. The van der Waals surface area contributed by atoms with Gasteiger partial charge in [0.25, 0.3) is 5.56 Å². The van der Waals surface area contributed by atoms with Crippen LogP contribution in [0.1, 0.15) is 0 Å². The molecule has 0 saturated heterocycles. The monoisotopic (exact) mass is 481 g/mol. The Hall–Kier alpha value is -2.82. The van der Waals surface area contributed by atoms with Gasteiger partial charge in [-0.1, -0.05) is 23.4 Å². The van der Waals surface area contributed by atoms with Crippen LogP contribution in [0.3, 0.4) is 0 Å². The van der Waals surface area contributed by atoms with Crippen molar-refractivity contribution >= 4 is 56.5 Å². The number of fused-ring (bicyclic) bond motifs is 1. The van der Waals surface area contributed by atoms with Gasteiger partial charge < -0.3 is 5.32 Å². The molecule has 0 atom stereocenters. The van der Waals surface area contributed by atoms with E-state index in [-0.39, 0.29) is 27.3 Å². The summed E-state index contributed by atoms with van der Waals surface area (Å²) in [5.74, 6) is -3.04. The zero-order valence-electron chi connectivity index (χ0n) is 15.4. The lowest BCUT2D eigenvalue weighted by molar-refractivity contribution is -0.113. The summed E-state index contributed by atoms with van der Waals surface area (Å²) >= 11 is 7.98. The molecule has 5 nitrogen and oxygen atoms in total. The van der Waals surface area contributed by atoms with Crippen LogP contribution in [0.25, 0.3) is 15.9 Å². The summed E-state index contributed by atoms with van der Waals surface area (Å²) in [5.41, 5.74) is -0.0696. The number of carbonyl (C=O) groups is 1. The molecular formula is C20H11ClF3N3O2S2. The number of rotatable bonds is 5. The Labute approximate surface area is 186 Å². The van der Waals surface area contributed by atoms with E-state index in [9.17, 15) is 22.8 Å². The molecule has 0 saturated carbocycles. The number of thiophene rings is 1. The molecule has 0 aliphatic carbocycles. The van der Waals surface area contributed by atoms with Gasteiger partial charge >= 0.3 is 0 Å². The maximum absolute atomic E-state index is 13.8. The first kappa shape index (κ1) is 21.4. The Morgan fingerprint density at radius 3 is 2.58 bits per heavy atom. The average Bonchev–Trinajstić information content (AvgIpc) is 3.17. The molecule has 0 radical (unpaired) electrons. The molecule has 0 unspecified atom stereocenters. The topological polar surface area (TPSA) is 64.0 Å². The molecule has 0 bridgehead atoms. The fourth-order valence-electron chi connectivity index (χ4n) is 2.79. The molecule has 4 rings (SSSR count). The summed E-state index contributed by atoms with van der Waals surface area (Å²) in [5, 5.41) is 4.38. The molecule has 11 heteroatoms. The van der Waals surface area contributed by atoms with Crippen molar-refractivity contribution in [2.24, 2.45) is 0 Å². The van der Waals surface area contributed by atoms with Crippen molar-refractivity contribution < 1.29 is 18.0 Å². The highest BCUT2D eigenvalue weighted by atomic mass is 35.5. The highest BCUT2D eigenvalue weighted by Gasteiger charge is 2.17. The van der Waals surface area contributed by atoms with Gasteiger partial charge in [0.1, 0.15) is 22.2 Å². The normalized spacial score (nSPS) is 11.1. The van der Waals surface area contributed by atoms with E-state index in [0.29, 0.717) is 16.3 Å². The number of benzene rings is 2. The zero-order valence-corrected chi connectivity index (χ0v) is 17.8. The predicted molar refractivity (Wildman–Crippen MR) is 116 cm³/mol. The van der Waals surface area contributed by atoms with Crippen LogP contribution >= 0.6 is 34.7 Å². The number of carbonyl (C=O) groups excluding carboxylic acids is 1. The van der Waals surface area contributed by atoms with E-state index in [4.69, 9.17) is 11.6 Å². The smallest absolute Gasteiger partial charge is 0.276 e. The molecule has 4 aromatic rings. The Kier molecular flexibility index (Phi) is 6.03. The number of nitrogens with one attached hydrogen (secondary N) is 1. The number of hydrogen-bond donors (Lipinski definition) is 1. The highest BCUT2D eigenvalue weighted by Crippen LogP contribution is 2.26.